The smallest absolute Gasteiger partial charge is 0.205 e. The van der Waals surface area contributed by atoms with Gasteiger partial charge in [0, 0.05) is 16.7 Å². The van der Waals surface area contributed by atoms with Crippen molar-refractivity contribution in [2.45, 2.75) is 5.92 Å². The van der Waals surface area contributed by atoms with Crippen LogP contribution >= 0.6 is 11.6 Å². The van der Waals surface area contributed by atoms with Gasteiger partial charge in [0.05, 0.1) is 5.92 Å². The van der Waals surface area contributed by atoms with Crippen LogP contribution in [0.3, 0.4) is 0 Å². The predicted molar refractivity (Wildman–Crippen MR) is 78.9 cm³/mol. The lowest BCUT2D eigenvalue weighted by Crippen LogP contribution is -2.20. The Hall–Kier alpha value is -2.64. The molecule has 3 N–H and O–H groups in total. The molecule has 0 saturated heterocycles. The molecule has 0 fully saturated rings. The van der Waals surface area contributed by atoms with Crippen LogP contribution in [0, 0.1) is 11.3 Å². The maximum absolute atomic E-state index is 9.58. The number of nitriles is 1. The highest BCUT2D eigenvalue weighted by Crippen LogP contribution is 2.43. The van der Waals surface area contributed by atoms with Gasteiger partial charge in [0.1, 0.15) is 23.1 Å². The number of nitrogens with zero attached hydrogens (tertiary/aromatic N) is 1. The fourth-order valence-corrected chi connectivity index (χ4v) is 2.67. The molecule has 5 heteroatoms. The number of benzene rings is 2. The first kappa shape index (κ1) is 13.3. The van der Waals surface area contributed by atoms with Gasteiger partial charge in [0.15, 0.2) is 0 Å². The minimum absolute atomic E-state index is 0.0422. The Labute approximate surface area is 126 Å². The number of rotatable bonds is 1. The number of hydrogen-bond donors (Lipinski definition) is 2. The van der Waals surface area contributed by atoms with E-state index in [0.29, 0.717) is 16.3 Å². The second kappa shape index (κ2) is 5.04. The summed E-state index contributed by atoms with van der Waals surface area (Å²) in [7, 11) is 0. The van der Waals surface area contributed by atoms with Gasteiger partial charge in [-0.3, -0.25) is 0 Å². The van der Waals surface area contributed by atoms with Crippen LogP contribution in [-0.4, -0.2) is 5.11 Å². The quantitative estimate of drug-likeness (QED) is 0.847. The molecule has 2 aromatic rings. The monoisotopic (exact) mass is 298 g/mol. The number of phenolic OH excluding ortho intramolecular Hbond substituents is 1. The van der Waals surface area contributed by atoms with E-state index < -0.39 is 0 Å². The van der Waals surface area contributed by atoms with Crippen LogP contribution in [-0.2, 0) is 0 Å². The van der Waals surface area contributed by atoms with Gasteiger partial charge in [0.2, 0.25) is 5.88 Å². The van der Waals surface area contributed by atoms with Gasteiger partial charge in [-0.2, -0.15) is 5.26 Å². The molecular formula is C16H11ClN2O2. The van der Waals surface area contributed by atoms with Crippen molar-refractivity contribution in [1.29, 1.82) is 5.26 Å². The lowest BCUT2D eigenvalue weighted by atomic mass is 9.83. The summed E-state index contributed by atoms with van der Waals surface area (Å²) in [6, 6.07) is 14.1. The fourth-order valence-electron chi connectivity index (χ4n) is 2.47. The Bertz CT molecular complexity index is 793. The number of hydrogen-bond acceptors (Lipinski definition) is 4. The average molecular weight is 299 g/mol. The highest BCUT2D eigenvalue weighted by Gasteiger charge is 2.30. The Balaban J connectivity index is 2.24. The summed E-state index contributed by atoms with van der Waals surface area (Å²) in [5.74, 6) is 0.196. The maximum Gasteiger partial charge on any atom is 0.205 e. The van der Waals surface area contributed by atoms with Gasteiger partial charge in [-0.15, -0.1) is 0 Å². The van der Waals surface area contributed by atoms with E-state index in [-0.39, 0.29) is 17.6 Å². The second-order valence-electron chi connectivity index (χ2n) is 4.70. The van der Waals surface area contributed by atoms with Gasteiger partial charge in [0.25, 0.3) is 0 Å². The normalized spacial score (nSPS) is 16.9. The molecule has 0 saturated carbocycles. The van der Waals surface area contributed by atoms with E-state index in [2.05, 4.69) is 6.07 Å². The van der Waals surface area contributed by atoms with Gasteiger partial charge >= 0.3 is 0 Å². The highest BCUT2D eigenvalue weighted by molar-refractivity contribution is 6.30. The minimum Gasteiger partial charge on any atom is -0.508 e. The summed E-state index contributed by atoms with van der Waals surface area (Å²) in [6.07, 6.45) is 0. The number of halogens is 1. The number of aromatic hydroxyl groups is 1. The SMILES string of the molecule is N#CC1=C(N)Oc2cc(O)ccc2[C@@H]1c1cccc(Cl)c1. The molecule has 1 aliphatic rings. The van der Waals surface area contributed by atoms with E-state index in [9.17, 15) is 10.4 Å². The van der Waals surface area contributed by atoms with E-state index in [4.69, 9.17) is 22.1 Å². The zero-order valence-corrected chi connectivity index (χ0v) is 11.6. The zero-order chi connectivity index (χ0) is 15.0. The Morgan fingerprint density at radius 1 is 1.24 bits per heavy atom. The molecule has 4 nitrogen and oxygen atoms in total. The topological polar surface area (TPSA) is 79.3 Å². The van der Waals surface area contributed by atoms with Crippen molar-refractivity contribution >= 4 is 11.6 Å². The first-order valence-corrected chi connectivity index (χ1v) is 6.64. The second-order valence-corrected chi connectivity index (χ2v) is 5.14. The van der Waals surface area contributed by atoms with Crippen LogP contribution in [0.2, 0.25) is 5.02 Å². The summed E-state index contributed by atoms with van der Waals surface area (Å²) in [5.41, 5.74) is 7.78. The summed E-state index contributed by atoms with van der Waals surface area (Å²) in [5, 5.41) is 19.5. The van der Waals surface area contributed by atoms with Gasteiger partial charge in [-0.1, -0.05) is 29.8 Å². The molecule has 0 unspecified atom stereocenters. The molecule has 104 valence electrons. The largest absolute Gasteiger partial charge is 0.508 e. The van der Waals surface area contributed by atoms with Crippen LogP contribution in [0.5, 0.6) is 11.5 Å². The maximum atomic E-state index is 9.58. The molecule has 0 spiro atoms. The predicted octanol–water partition coefficient (Wildman–Crippen LogP) is 3.26. The molecule has 21 heavy (non-hydrogen) atoms. The zero-order valence-electron chi connectivity index (χ0n) is 10.9. The molecule has 0 amide bonds. The Morgan fingerprint density at radius 3 is 2.76 bits per heavy atom. The number of allylic oxidation sites excluding steroid dienone is 1. The van der Waals surface area contributed by atoms with Crippen LogP contribution in [0.4, 0.5) is 0 Å². The summed E-state index contributed by atoms with van der Waals surface area (Å²) in [6.45, 7) is 0. The summed E-state index contributed by atoms with van der Waals surface area (Å²) in [4.78, 5) is 0. The van der Waals surface area contributed by atoms with Crippen LogP contribution in [0.1, 0.15) is 17.0 Å². The third-order valence-corrected chi connectivity index (χ3v) is 3.62. The van der Waals surface area contributed by atoms with Crippen LogP contribution in [0.15, 0.2) is 53.9 Å². The van der Waals surface area contributed by atoms with E-state index in [1.165, 1.54) is 6.07 Å². The fraction of sp³-hybridized carbons (Fsp3) is 0.0625. The number of nitrogens with two attached hydrogens (primary N) is 1. The molecule has 0 aliphatic carbocycles. The van der Waals surface area contributed by atoms with Crippen molar-refractivity contribution in [3.05, 3.63) is 70.1 Å². The van der Waals surface area contributed by atoms with Crippen molar-refractivity contribution in [1.82, 2.24) is 0 Å². The van der Waals surface area contributed by atoms with E-state index in [1.807, 2.05) is 12.1 Å². The molecule has 0 bridgehead atoms. The highest BCUT2D eigenvalue weighted by atomic mass is 35.5. The molecule has 3 rings (SSSR count). The number of phenols is 1. The Morgan fingerprint density at radius 2 is 2.05 bits per heavy atom. The van der Waals surface area contributed by atoms with Crippen molar-refractivity contribution < 1.29 is 9.84 Å². The van der Waals surface area contributed by atoms with E-state index in [0.717, 1.165) is 11.1 Å². The first-order valence-electron chi connectivity index (χ1n) is 6.26. The van der Waals surface area contributed by atoms with Crippen molar-refractivity contribution in [2.24, 2.45) is 5.73 Å². The molecule has 1 aliphatic heterocycles. The Kier molecular flexibility index (Phi) is 3.20. The summed E-state index contributed by atoms with van der Waals surface area (Å²) >= 11 is 6.04. The van der Waals surface area contributed by atoms with Crippen LogP contribution < -0.4 is 10.5 Å². The third-order valence-electron chi connectivity index (χ3n) is 3.38. The van der Waals surface area contributed by atoms with Gasteiger partial charge in [-0.25, -0.2) is 0 Å². The van der Waals surface area contributed by atoms with Crippen molar-refractivity contribution in [3.8, 4) is 17.6 Å². The summed E-state index contributed by atoms with van der Waals surface area (Å²) < 4.78 is 5.44. The van der Waals surface area contributed by atoms with E-state index >= 15 is 0 Å². The van der Waals surface area contributed by atoms with Crippen molar-refractivity contribution in [2.75, 3.05) is 0 Å². The molecule has 1 atom stereocenters. The molecule has 0 radical (unpaired) electrons. The number of ether oxygens (including phenoxy) is 1. The third kappa shape index (κ3) is 2.28. The lowest BCUT2D eigenvalue weighted by molar-refractivity contribution is 0.388. The first-order chi connectivity index (χ1) is 10.1. The lowest BCUT2D eigenvalue weighted by Gasteiger charge is -2.26. The van der Waals surface area contributed by atoms with Crippen molar-refractivity contribution in [3.63, 3.8) is 0 Å². The van der Waals surface area contributed by atoms with Gasteiger partial charge < -0.3 is 15.6 Å². The average Bonchev–Trinajstić information content (AvgIpc) is 2.45. The van der Waals surface area contributed by atoms with E-state index in [1.54, 1.807) is 24.3 Å². The van der Waals surface area contributed by atoms with Crippen LogP contribution in [0.25, 0.3) is 0 Å². The molecule has 2 aromatic carbocycles. The number of fused-ring (bicyclic) bond motifs is 1. The minimum atomic E-state index is -0.363. The molecule has 0 aromatic heterocycles. The molecule has 1 heterocycles. The van der Waals surface area contributed by atoms with Gasteiger partial charge in [-0.05, 0) is 23.8 Å². The molecular weight excluding hydrogens is 288 g/mol. The standard InChI is InChI=1S/C16H11ClN2O2/c17-10-3-1-2-9(6-10)15-12-5-4-11(20)7-14(12)21-16(19)13(15)8-18/h1-7,15,20H,19H2/t15-/m0/s1.